The van der Waals surface area contributed by atoms with Crippen molar-refractivity contribution in [2.75, 3.05) is 0 Å². The van der Waals surface area contributed by atoms with E-state index in [0.29, 0.717) is 21.2 Å². The lowest BCUT2D eigenvalue weighted by Gasteiger charge is -2.35. The zero-order chi connectivity index (χ0) is 18.8. The summed E-state index contributed by atoms with van der Waals surface area (Å²) >= 11 is 17.7. The van der Waals surface area contributed by atoms with E-state index in [-0.39, 0.29) is 42.2 Å². The molecule has 0 saturated heterocycles. The summed E-state index contributed by atoms with van der Waals surface area (Å²) in [6.45, 7) is 5.43. The minimum absolute atomic E-state index is 0. The first kappa shape index (κ1) is 29.3. The summed E-state index contributed by atoms with van der Waals surface area (Å²) in [4.78, 5) is 25.3. The molecular weight excluding hydrogens is 489 g/mol. The van der Waals surface area contributed by atoms with Gasteiger partial charge in [0.25, 0.3) is 11.8 Å². The van der Waals surface area contributed by atoms with Gasteiger partial charge in [-0.15, -0.1) is 37.2 Å². The maximum atomic E-state index is 12.9. The van der Waals surface area contributed by atoms with Crippen molar-refractivity contribution in [3.8, 4) is 0 Å². The van der Waals surface area contributed by atoms with Gasteiger partial charge in [0, 0.05) is 16.1 Å². The Balaban J connectivity index is 0. The van der Waals surface area contributed by atoms with Crippen LogP contribution in [0.25, 0.3) is 0 Å². The third-order valence-electron chi connectivity index (χ3n) is 3.36. The fraction of sp³-hybridized carbons (Fsp3) is 0.222. The van der Waals surface area contributed by atoms with E-state index < -0.39 is 17.4 Å². The average Bonchev–Trinajstić information content (AvgIpc) is 2.54. The van der Waals surface area contributed by atoms with E-state index in [1.54, 1.807) is 36.4 Å². The van der Waals surface area contributed by atoms with E-state index in [2.05, 4.69) is 5.43 Å². The Kier molecular flexibility index (Phi) is 12.5. The summed E-state index contributed by atoms with van der Waals surface area (Å²) in [5, 5.41) is 2.41. The maximum absolute atomic E-state index is 12.9. The van der Waals surface area contributed by atoms with E-state index in [1.807, 2.05) is 20.8 Å². The van der Waals surface area contributed by atoms with Gasteiger partial charge in [-0.2, -0.15) is 0 Å². The Morgan fingerprint density at radius 3 is 1.79 bits per heavy atom. The highest BCUT2D eigenvalue weighted by Crippen LogP contribution is 2.24. The molecular formula is C18H20Cl6N2O2. The molecule has 0 spiro atoms. The van der Waals surface area contributed by atoms with Gasteiger partial charge in [-0.1, -0.05) is 34.8 Å². The fourth-order valence-corrected chi connectivity index (χ4v) is 2.47. The van der Waals surface area contributed by atoms with Crippen LogP contribution in [-0.2, 0) is 0 Å². The van der Waals surface area contributed by atoms with Crippen LogP contribution >= 0.6 is 72.0 Å². The van der Waals surface area contributed by atoms with Gasteiger partial charge in [0.15, 0.2) is 0 Å². The van der Waals surface area contributed by atoms with Gasteiger partial charge in [0.05, 0.1) is 15.6 Å². The van der Waals surface area contributed by atoms with Crippen molar-refractivity contribution in [2.24, 2.45) is 0 Å². The molecule has 2 aromatic rings. The SMILES string of the molecule is CC(C)(C)N(NC(=O)c1ccc(Cl)cc1)C(=O)c1ccc(Cl)c(Cl)c1.Cl.Cl.Cl. The molecule has 0 fully saturated rings. The Hall–Kier alpha value is -0.880. The second-order valence-electron chi connectivity index (χ2n) is 6.39. The summed E-state index contributed by atoms with van der Waals surface area (Å²) in [6, 6.07) is 11.0. The number of benzene rings is 2. The minimum atomic E-state index is -0.661. The number of halogens is 6. The highest BCUT2D eigenvalue weighted by atomic mass is 35.5. The van der Waals surface area contributed by atoms with Crippen LogP contribution in [0.2, 0.25) is 15.1 Å². The predicted octanol–water partition coefficient (Wildman–Crippen LogP) is 6.50. The quantitative estimate of drug-likeness (QED) is 0.471. The van der Waals surface area contributed by atoms with Crippen LogP contribution in [-0.4, -0.2) is 22.4 Å². The van der Waals surface area contributed by atoms with Crippen LogP contribution in [0.1, 0.15) is 41.5 Å². The topological polar surface area (TPSA) is 49.4 Å². The van der Waals surface area contributed by atoms with Gasteiger partial charge in [-0.05, 0) is 63.2 Å². The molecule has 2 aromatic carbocycles. The number of amides is 2. The standard InChI is InChI=1S/C18H17Cl3N2O2.3ClH/c1-18(2,3)23(17(25)12-6-9-14(20)15(21)10-12)22-16(24)11-4-7-13(19)8-5-11;;;/h4-10H,1-3H3,(H,22,24);3*1H. The number of hydrazine groups is 1. The van der Waals surface area contributed by atoms with E-state index in [0.717, 1.165) is 0 Å². The first-order chi connectivity index (χ1) is 11.6. The molecule has 0 atom stereocenters. The molecule has 2 rings (SSSR count). The Morgan fingerprint density at radius 2 is 1.32 bits per heavy atom. The van der Waals surface area contributed by atoms with E-state index in [9.17, 15) is 9.59 Å². The maximum Gasteiger partial charge on any atom is 0.272 e. The third kappa shape index (κ3) is 7.51. The van der Waals surface area contributed by atoms with Crippen LogP contribution in [0, 0.1) is 0 Å². The van der Waals surface area contributed by atoms with Gasteiger partial charge < -0.3 is 0 Å². The zero-order valence-corrected chi connectivity index (χ0v) is 19.9. The number of carbonyl (C=O) groups excluding carboxylic acids is 2. The number of hydrogen-bond acceptors (Lipinski definition) is 2. The second-order valence-corrected chi connectivity index (χ2v) is 7.64. The minimum Gasteiger partial charge on any atom is -0.267 e. The van der Waals surface area contributed by atoms with Crippen molar-refractivity contribution in [3.63, 3.8) is 0 Å². The molecule has 2 amide bonds. The summed E-state index contributed by atoms with van der Waals surface area (Å²) in [7, 11) is 0. The normalized spacial score (nSPS) is 9.93. The summed E-state index contributed by atoms with van der Waals surface area (Å²) < 4.78 is 0. The second kappa shape index (κ2) is 12.0. The highest BCUT2D eigenvalue weighted by molar-refractivity contribution is 6.42. The molecule has 0 heterocycles. The largest absolute Gasteiger partial charge is 0.272 e. The molecule has 156 valence electrons. The Labute approximate surface area is 198 Å². The number of hydrogen-bond donors (Lipinski definition) is 1. The average molecular weight is 509 g/mol. The van der Waals surface area contributed by atoms with E-state index in [1.165, 1.54) is 11.1 Å². The predicted molar refractivity (Wildman–Crippen MR) is 123 cm³/mol. The first-order valence-electron chi connectivity index (χ1n) is 7.46. The van der Waals surface area contributed by atoms with Gasteiger partial charge in [-0.3, -0.25) is 15.0 Å². The third-order valence-corrected chi connectivity index (χ3v) is 4.35. The van der Waals surface area contributed by atoms with Crippen LogP contribution in [0.3, 0.4) is 0 Å². The zero-order valence-electron chi connectivity index (χ0n) is 15.2. The summed E-state index contributed by atoms with van der Waals surface area (Å²) in [5.74, 6) is -0.812. The number of nitrogens with one attached hydrogen (secondary N) is 1. The molecule has 0 saturated carbocycles. The summed E-state index contributed by atoms with van der Waals surface area (Å²) in [6.07, 6.45) is 0. The van der Waals surface area contributed by atoms with Gasteiger partial charge in [0.1, 0.15) is 0 Å². The molecule has 0 unspecified atom stereocenters. The highest BCUT2D eigenvalue weighted by Gasteiger charge is 2.30. The van der Waals surface area contributed by atoms with Crippen molar-refractivity contribution < 1.29 is 9.59 Å². The van der Waals surface area contributed by atoms with E-state index in [4.69, 9.17) is 34.8 Å². The number of carbonyl (C=O) groups is 2. The van der Waals surface area contributed by atoms with Crippen molar-refractivity contribution >= 4 is 83.8 Å². The molecule has 0 aromatic heterocycles. The Bertz CT molecular complexity index is 807. The lowest BCUT2D eigenvalue weighted by molar-refractivity contribution is 0.0358. The van der Waals surface area contributed by atoms with Crippen molar-refractivity contribution in [1.29, 1.82) is 0 Å². The van der Waals surface area contributed by atoms with Crippen molar-refractivity contribution in [2.45, 2.75) is 26.3 Å². The lowest BCUT2D eigenvalue weighted by Crippen LogP contribution is -2.55. The number of nitrogens with zero attached hydrogens (tertiary/aromatic N) is 1. The molecule has 0 aliphatic carbocycles. The van der Waals surface area contributed by atoms with Gasteiger partial charge in [0.2, 0.25) is 0 Å². The molecule has 0 aliphatic rings. The molecule has 0 radical (unpaired) electrons. The summed E-state index contributed by atoms with van der Waals surface area (Å²) in [5.41, 5.74) is 2.70. The monoisotopic (exact) mass is 506 g/mol. The number of rotatable bonds is 2. The lowest BCUT2D eigenvalue weighted by atomic mass is 10.1. The molecule has 1 N–H and O–H groups in total. The van der Waals surface area contributed by atoms with Crippen LogP contribution in [0.5, 0.6) is 0 Å². The molecule has 28 heavy (non-hydrogen) atoms. The Morgan fingerprint density at radius 1 is 0.821 bits per heavy atom. The van der Waals surface area contributed by atoms with Gasteiger partial charge >= 0.3 is 0 Å². The molecule has 0 aliphatic heterocycles. The molecule has 0 bridgehead atoms. The van der Waals surface area contributed by atoms with Gasteiger partial charge in [-0.25, -0.2) is 5.01 Å². The molecule has 10 heteroatoms. The molecule has 4 nitrogen and oxygen atoms in total. The van der Waals surface area contributed by atoms with E-state index >= 15 is 0 Å². The van der Waals surface area contributed by atoms with Crippen LogP contribution in [0.4, 0.5) is 0 Å². The van der Waals surface area contributed by atoms with Crippen molar-refractivity contribution in [3.05, 3.63) is 68.7 Å². The first-order valence-corrected chi connectivity index (χ1v) is 8.59. The smallest absolute Gasteiger partial charge is 0.267 e. The van der Waals surface area contributed by atoms with Crippen molar-refractivity contribution in [1.82, 2.24) is 10.4 Å². The van der Waals surface area contributed by atoms with Crippen LogP contribution in [0.15, 0.2) is 42.5 Å². The van der Waals surface area contributed by atoms with Crippen LogP contribution < -0.4 is 5.43 Å². The fourth-order valence-electron chi connectivity index (χ4n) is 2.05.